The SMILES string of the molecule is CCCc1c(CCC)c(CCC)c2c3nc4nc(nc5[nH]c(nc6nc(nc([nH]3)c2c1CCC)-c1ccccc1-6)c1ccccc51)-c1ccccc1-4. The molecule has 2 aliphatic rings. The van der Waals surface area contributed by atoms with Crippen molar-refractivity contribution in [2.45, 2.75) is 79.1 Å². The van der Waals surface area contributed by atoms with Gasteiger partial charge in [0.05, 0.1) is 0 Å². The third-order valence-electron chi connectivity index (χ3n) is 10.4. The molecule has 0 spiro atoms. The number of fused-ring (bicyclic) bond motifs is 20. The fourth-order valence-corrected chi connectivity index (χ4v) is 8.32. The van der Waals surface area contributed by atoms with Crippen LogP contribution < -0.4 is 0 Å². The van der Waals surface area contributed by atoms with Gasteiger partial charge in [-0.3, -0.25) is 0 Å². The van der Waals surface area contributed by atoms with E-state index in [4.69, 9.17) is 29.9 Å². The Kier molecular flexibility index (Phi) is 8.10. The largest absolute Gasteiger partial charge is 0.324 e. The molecule has 5 heterocycles. The highest BCUT2D eigenvalue weighted by molar-refractivity contribution is 6.10. The molecule has 8 bridgehead atoms. The van der Waals surface area contributed by atoms with E-state index in [9.17, 15) is 0 Å². The van der Waals surface area contributed by atoms with E-state index >= 15 is 0 Å². The summed E-state index contributed by atoms with van der Waals surface area (Å²) in [4.78, 5) is 38.8. The van der Waals surface area contributed by atoms with Crippen LogP contribution >= 0.6 is 0 Å². The van der Waals surface area contributed by atoms with Crippen LogP contribution in [0.4, 0.5) is 0 Å². The normalized spacial score (nSPS) is 12.1. The highest BCUT2D eigenvalue weighted by Gasteiger charge is 2.26. The van der Waals surface area contributed by atoms with Gasteiger partial charge in [-0.2, -0.15) is 0 Å². The summed E-state index contributed by atoms with van der Waals surface area (Å²) >= 11 is 0. The molecular weight excluding hydrogens is 641 g/mol. The lowest BCUT2D eigenvalue weighted by molar-refractivity contribution is 0.811. The Labute approximate surface area is 302 Å². The highest BCUT2D eigenvalue weighted by Crippen LogP contribution is 2.41. The van der Waals surface area contributed by atoms with Gasteiger partial charge < -0.3 is 9.97 Å². The number of hydrogen-bond acceptors (Lipinski definition) is 6. The minimum atomic E-state index is 0.622. The predicted molar refractivity (Wildman–Crippen MR) is 212 cm³/mol. The van der Waals surface area contributed by atoms with Gasteiger partial charge in [0.15, 0.2) is 23.3 Å². The van der Waals surface area contributed by atoms with E-state index in [-0.39, 0.29) is 0 Å². The number of nitrogens with one attached hydrogen (secondary N) is 2. The first-order chi connectivity index (χ1) is 25.6. The van der Waals surface area contributed by atoms with Crippen molar-refractivity contribution < 1.29 is 0 Å². The van der Waals surface area contributed by atoms with Crippen molar-refractivity contribution in [1.82, 2.24) is 39.9 Å². The van der Waals surface area contributed by atoms with Crippen molar-refractivity contribution in [1.29, 1.82) is 0 Å². The van der Waals surface area contributed by atoms with E-state index in [1.807, 2.05) is 36.4 Å². The second-order valence-corrected chi connectivity index (χ2v) is 13.9. The molecule has 52 heavy (non-hydrogen) atoms. The number of benzene rings is 4. The van der Waals surface area contributed by atoms with Crippen LogP contribution in [0.2, 0.25) is 0 Å². The standard InChI is InChI=1S/C44H42N8/c1-5-15-25-26(16-6-2)28(18-8-4)36-35(27(25)17-7-3)43-50-41-33-23-13-11-21-31(33)39(48-41)46-37-29-19-9-10-20-30(29)38(45-37)47-40-32-22-12-14-24-34(32)42(49-40)51-44(36)52-43/h9-14,19-24H,5-8,15-18H2,1-4H3,(H2,45,46,47,48,49,50,51,52). The molecule has 0 radical (unpaired) electrons. The lowest BCUT2D eigenvalue weighted by Crippen LogP contribution is -2.07. The molecule has 2 N–H and O–H groups in total. The molecule has 0 fully saturated rings. The third kappa shape index (κ3) is 5.11. The Bertz CT molecular complexity index is 2520. The first-order valence-electron chi connectivity index (χ1n) is 18.9. The molecule has 258 valence electrons. The Morgan fingerprint density at radius 3 is 1.04 bits per heavy atom. The molecule has 2 aliphatic heterocycles. The van der Waals surface area contributed by atoms with Crippen LogP contribution in [0.3, 0.4) is 0 Å². The van der Waals surface area contributed by atoms with Gasteiger partial charge in [-0.1, -0.05) is 126 Å². The maximum Gasteiger partial charge on any atom is 0.164 e. The molecule has 0 saturated heterocycles. The number of aromatic nitrogens is 8. The van der Waals surface area contributed by atoms with Gasteiger partial charge in [-0.05, 0) is 47.9 Å². The van der Waals surface area contributed by atoms with Gasteiger partial charge >= 0.3 is 0 Å². The van der Waals surface area contributed by atoms with Crippen LogP contribution in [-0.2, 0) is 25.7 Å². The number of rotatable bonds is 8. The first kappa shape index (κ1) is 32.2. The van der Waals surface area contributed by atoms with Gasteiger partial charge in [0.1, 0.15) is 22.6 Å². The van der Waals surface area contributed by atoms with Crippen molar-refractivity contribution in [3.63, 3.8) is 0 Å². The molecule has 0 atom stereocenters. The van der Waals surface area contributed by atoms with E-state index in [1.54, 1.807) is 0 Å². The molecule has 3 aromatic heterocycles. The fraction of sp³-hybridized carbons (Fsp3) is 0.273. The maximum absolute atomic E-state index is 5.44. The van der Waals surface area contributed by atoms with Gasteiger partial charge in [-0.15, -0.1) is 0 Å². The van der Waals surface area contributed by atoms with Gasteiger partial charge in [0.2, 0.25) is 0 Å². The quantitative estimate of drug-likeness (QED) is 0.165. The van der Waals surface area contributed by atoms with Crippen molar-refractivity contribution in [2.24, 2.45) is 0 Å². The van der Waals surface area contributed by atoms with Crippen molar-refractivity contribution in [2.75, 3.05) is 0 Å². The van der Waals surface area contributed by atoms with E-state index in [2.05, 4.69) is 74.1 Å². The average molecular weight is 683 g/mol. The van der Waals surface area contributed by atoms with Crippen molar-refractivity contribution in [3.05, 3.63) is 95.1 Å². The fourth-order valence-electron chi connectivity index (χ4n) is 8.32. The van der Waals surface area contributed by atoms with E-state index in [0.29, 0.717) is 34.6 Å². The third-order valence-corrected chi connectivity index (χ3v) is 10.4. The number of hydrogen-bond donors (Lipinski definition) is 2. The minimum absolute atomic E-state index is 0.622. The summed E-state index contributed by atoms with van der Waals surface area (Å²) in [7, 11) is 0. The van der Waals surface area contributed by atoms with Crippen LogP contribution in [-0.4, -0.2) is 39.9 Å². The Morgan fingerprint density at radius 2 is 0.673 bits per heavy atom. The monoisotopic (exact) mass is 682 g/mol. The number of H-pyrrole nitrogens is 2. The topological polar surface area (TPSA) is 109 Å². The second-order valence-electron chi connectivity index (χ2n) is 13.9. The van der Waals surface area contributed by atoms with Crippen molar-refractivity contribution in [3.8, 4) is 45.6 Å². The second kappa shape index (κ2) is 13.1. The molecule has 0 aliphatic carbocycles. The Balaban J connectivity index is 1.53. The summed E-state index contributed by atoms with van der Waals surface area (Å²) in [6.45, 7) is 9.14. The average Bonchev–Trinajstić information content (AvgIpc) is 3.90. The van der Waals surface area contributed by atoms with Crippen LogP contribution in [0.5, 0.6) is 0 Å². The molecule has 0 unspecified atom stereocenters. The van der Waals surface area contributed by atoms with Gasteiger partial charge in [0.25, 0.3) is 0 Å². The van der Waals surface area contributed by atoms with Crippen LogP contribution in [0.1, 0.15) is 75.6 Å². The number of aromatic amines is 2. The molecule has 8 nitrogen and oxygen atoms in total. The van der Waals surface area contributed by atoms with Crippen LogP contribution in [0.25, 0.3) is 89.7 Å². The molecule has 0 amide bonds. The molecule has 7 aromatic rings. The Morgan fingerprint density at radius 1 is 0.365 bits per heavy atom. The Hall–Kier alpha value is -5.76. The zero-order chi connectivity index (χ0) is 35.3. The first-order valence-corrected chi connectivity index (χ1v) is 18.9. The molecular formula is C44H42N8. The smallest absolute Gasteiger partial charge is 0.164 e. The molecule has 0 saturated carbocycles. The van der Waals surface area contributed by atoms with Crippen molar-refractivity contribution >= 4 is 44.1 Å². The summed E-state index contributed by atoms with van der Waals surface area (Å²) in [6.07, 6.45) is 8.26. The lowest BCUT2D eigenvalue weighted by Gasteiger charge is -2.21. The van der Waals surface area contributed by atoms with E-state index in [1.165, 1.54) is 33.0 Å². The van der Waals surface area contributed by atoms with E-state index < -0.39 is 0 Å². The summed E-state index contributed by atoms with van der Waals surface area (Å²) in [6, 6.07) is 24.7. The summed E-state index contributed by atoms with van der Waals surface area (Å²) in [5, 5.41) is 4.27. The molecule has 9 rings (SSSR count). The highest BCUT2D eigenvalue weighted by atomic mass is 15.1. The van der Waals surface area contributed by atoms with Gasteiger partial charge in [-0.25, -0.2) is 29.9 Å². The zero-order valence-corrected chi connectivity index (χ0v) is 30.3. The summed E-state index contributed by atoms with van der Waals surface area (Å²) in [5.41, 5.74) is 12.6. The van der Waals surface area contributed by atoms with Crippen LogP contribution in [0, 0.1) is 0 Å². The number of aryl methyl sites for hydroxylation is 2. The molecule has 8 heteroatoms. The van der Waals surface area contributed by atoms with Gasteiger partial charge in [0, 0.05) is 43.8 Å². The summed E-state index contributed by atoms with van der Waals surface area (Å²) in [5.74, 6) is 2.53. The molecule has 4 aromatic carbocycles. The summed E-state index contributed by atoms with van der Waals surface area (Å²) < 4.78 is 0. The zero-order valence-electron chi connectivity index (χ0n) is 30.3. The number of nitrogens with zero attached hydrogens (tertiary/aromatic N) is 6. The maximum atomic E-state index is 5.44. The van der Waals surface area contributed by atoms with E-state index in [0.717, 1.165) is 95.7 Å². The van der Waals surface area contributed by atoms with Crippen LogP contribution in [0.15, 0.2) is 72.8 Å². The lowest BCUT2D eigenvalue weighted by atomic mass is 9.83. The minimum Gasteiger partial charge on any atom is -0.324 e. The predicted octanol–water partition coefficient (Wildman–Crippen LogP) is 10.7.